The Morgan fingerprint density at radius 1 is 1.43 bits per heavy atom. The molecule has 0 bridgehead atoms. The van der Waals surface area contributed by atoms with Gasteiger partial charge in [-0.15, -0.1) is 0 Å². The number of hydroxylamine groups is 1. The van der Waals surface area contributed by atoms with E-state index < -0.39 is 0 Å². The van der Waals surface area contributed by atoms with Gasteiger partial charge in [0.1, 0.15) is 12.4 Å². The van der Waals surface area contributed by atoms with Crippen LogP contribution < -0.4 is 10.2 Å². The van der Waals surface area contributed by atoms with Crippen LogP contribution in [0.4, 0.5) is 0 Å². The molecule has 0 fully saturated rings. The lowest BCUT2D eigenvalue weighted by atomic mass is 10.1. The highest BCUT2D eigenvalue weighted by atomic mass is 16.6. The van der Waals surface area contributed by atoms with Crippen molar-refractivity contribution >= 4 is 5.70 Å². The fourth-order valence-electron chi connectivity index (χ4n) is 1.51. The summed E-state index contributed by atoms with van der Waals surface area (Å²) in [6.07, 6.45) is 1.96. The molecule has 0 saturated carbocycles. The van der Waals surface area contributed by atoms with Gasteiger partial charge in [0.25, 0.3) is 0 Å². The molecule has 3 heteroatoms. The first-order valence-corrected chi connectivity index (χ1v) is 4.54. The summed E-state index contributed by atoms with van der Waals surface area (Å²) in [7, 11) is 1.60. The van der Waals surface area contributed by atoms with Crippen molar-refractivity contribution < 1.29 is 9.57 Å². The summed E-state index contributed by atoms with van der Waals surface area (Å²) in [4.78, 5) is 4.90. The minimum Gasteiger partial charge on any atom is -0.489 e. The molecule has 14 heavy (non-hydrogen) atoms. The summed E-state index contributed by atoms with van der Waals surface area (Å²) in [5.41, 5.74) is 6.08. The second kappa shape index (κ2) is 3.72. The highest BCUT2D eigenvalue weighted by Gasteiger charge is 2.13. The SMILES string of the molecule is CONC1=CCOc2ccc(C)cc21. The van der Waals surface area contributed by atoms with E-state index in [4.69, 9.17) is 9.57 Å². The molecule has 2 rings (SSSR count). The Hall–Kier alpha value is -1.48. The van der Waals surface area contributed by atoms with E-state index in [1.165, 1.54) is 5.56 Å². The van der Waals surface area contributed by atoms with E-state index in [-0.39, 0.29) is 0 Å². The van der Waals surface area contributed by atoms with E-state index in [1.54, 1.807) is 7.11 Å². The summed E-state index contributed by atoms with van der Waals surface area (Å²) in [6.45, 7) is 2.64. The van der Waals surface area contributed by atoms with Gasteiger partial charge in [-0.2, -0.15) is 0 Å². The Morgan fingerprint density at radius 3 is 3.07 bits per heavy atom. The van der Waals surface area contributed by atoms with E-state index in [2.05, 4.69) is 18.5 Å². The molecule has 74 valence electrons. The molecule has 3 nitrogen and oxygen atoms in total. The first-order valence-electron chi connectivity index (χ1n) is 4.54. The number of ether oxygens (including phenoxy) is 1. The van der Waals surface area contributed by atoms with Gasteiger partial charge in [0.2, 0.25) is 0 Å². The third-order valence-corrected chi connectivity index (χ3v) is 2.16. The van der Waals surface area contributed by atoms with Crippen LogP contribution in [0.15, 0.2) is 24.3 Å². The van der Waals surface area contributed by atoms with E-state index in [0.717, 1.165) is 17.0 Å². The largest absolute Gasteiger partial charge is 0.489 e. The molecule has 0 unspecified atom stereocenters. The van der Waals surface area contributed by atoms with Crippen molar-refractivity contribution in [3.63, 3.8) is 0 Å². The highest BCUT2D eigenvalue weighted by Crippen LogP contribution is 2.28. The first kappa shape index (κ1) is 9.09. The van der Waals surface area contributed by atoms with Crippen LogP contribution >= 0.6 is 0 Å². The number of benzene rings is 1. The van der Waals surface area contributed by atoms with Crippen molar-refractivity contribution in [3.8, 4) is 5.75 Å². The van der Waals surface area contributed by atoms with E-state index in [1.807, 2.05) is 18.2 Å². The third-order valence-electron chi connectivity index (χ3n) is 2.16. The van der Waals surface area contributed by atoms with Gasteiger partial charge >= 0.3 is 0 Å². The van der Waals surface area contributed by atoms with Crippen LogP contribution in [-0.4, -0.2) is 13.7 Å². The van der Waals surface area contributed by atoms with Crippen molar-refractivity contribution in [2.24, 2.45) is 0 Å². The number of fused-ring (bicyclic) bond motifs is 1. The molecular formula is C11H13NO2. The van der Waals surface area contributed by atoms with E-state index in [0.29, 0.717) is 6.61 Å². The summed E-state index contributed by atoms with van der Waals surface area (Å²) in [5.74, 6) is 0.901. The summed E-state index contributed by atoms with van der Waals surface area (Å²) in [5, 5.41) is 0. The number of nitrogens with one attached hydrogen (secondary N) is 1. The van der Waals surface area contributed by atoms with Crippen LogP contribution in [0.5, 0.6) is 5.75 Å². The number of aryl methyl sites for hydroxylation is 1. The molecule has 1 aromatic carbocycles. The summed E-state index contributed by atoms with van der Waals surface area (Å²) >= 11 is 0. The van der Waals surface area contributed by atoms with Crippen LogP contribution in [-0.2, 0) is 4.84 Å². The zero-order chi connectivity index (χ0) is 9.97. The number of hydrogen-bond donors (Lipinski definition) is 1. The summed E-state index contributed by atoms with van der Waals surface area (Å²) in [6, 6.07) is 6.09. The number of rotatable bonds is 2. The first-order chi connectivity index (χ1) is 6.81. The predicted molar refractivity (Wildman–Crippen MR) is 54.8 cm³/mol. The van der Waals surface area contributed by atoms with Crippen molar-refractivity contribution in [1.29, 1.82) is 0 Å². The fourth-order valence-corrected chi connectivity index (χ4v) is 1.51. The molecular weight excluding hydrogens is 178 g/mol. The Morgan fingerprint density at radius 2 is 2.29 bits per heavy atom. The van der Waals surface area contributed by atoms with Gasteiger partial charge in [-0.1, -0.05) is 11.6 Å². The van der Waals surface area contributed by atoms with Gasteiger partial charge in [0, 0.05) is 5.56 Å². The van der Waals surface area contributed by atoms with Crippen LogP contribution in [0.25, 0.3) is 5.70 Å². The third kappa shape index (κ3) is 1.59. The van der Waals surface area contributed by atoms with Crippen molar-refractivity contribution in [1.82, 2.24) is 5.48 Å². The minimum absolute atomic E-state index is 0.585. The zero-order valence-corrected chi connectivity index (χ0v) is 8.33. The van der Waals surface area contributed by atoms with Crippen LogP contribution in [0.1, 0.15) is 11.1 Å². The molecule has 0 atom stereocenters. The standard InChI is InChI=1S/C11H13NO2/c1-8-3-4-11-9(7-8)10(12-13-2)5-6-14-11/h3-5,7,12H,6H2,1-2H3. The lowest BCUT2D eigenvalue weighted by molar-refractivity contribution is 0.135. The Kier molecular flexibility index (Phi) is 2.41. The molecule has 1 aliphatic rings. The summed E-state index contributed by atoms with van der Waals surface area (Å²) < 4.78 is 5.48. The average molecular weight is 191 g/mol. The minimum atomic E-state index is 0.585. The van der Waals surface area contributed by atoms with Crippen LogP contribution in [0.2, 0.25) is 0 Å². The maximum absolute atomic E-state index is 5.48. The lowest BCUT2D eigenvalue weighted by Crippen LogP contribution is -2.16. The Labute approximate surface area is 83.3 Å². The van der Waals surface area contributed by atoms with Gasteiger partial charge in [0.05, 0.1) is 12.8 Å². The average Bonchev–Trinajstić information content (AvgIpc) is 2.19. The predicted octanol–water partition coefficient (Wildman–Crippen LogP) is 1.88. The van der Waals surface area contributed by atoms with E-state index >= 15 is 0 Å². The maximum Gasteiger partial charge on any atom is 0.129 e. The molecule has 0 aromatic heterocycles. The molecule has 1 aliphatic heterocycles. The maximum atomic E-state index is 5.48. The molecule has 0 radical (unpaired) electrons. The van der Waals surface area contributed by atoms with Crippen molar-refractivity contribution in [2.75, 3.05) is 13.7 Å². The Bertz CT molecular complexity index is 372. The van der Waals surface area contributed by atoms with Gasteiger partial charge < -0.3 is 4.74 Å². The van der Waals surface area contributed by atoms with Crippen molar-refractivity contribution in [3.05, 3.63) is 35.4 Å². The highest BCUT2D eigenvalue weighted by molar-refractivity contribution is 5.70. The second-order valence-electron chi connectivity index (χ2n) is 3.23. The second-order valence-corrected chi connectivity index (χ2v) is 3.23. The monoisotopic (exact) mass is 191 g/mol. The van der Waals surface area contributed by atoms with Gasteiger partial charge in [-0.05, 0) is 25.1 Å². The Balaban J connectivity index is 2.40. The molecule has 0 aliphatic carbocycles. The molecule has 0 saturated heterocycles. The molecule has 0 amide bonds. The molecule has 0 spiro atoms. The molecule has 1 heterocycles. The smallest absolute Gasteiger partial charge is 0.129 e. The van der Waals surface area contributed by atoms with Gasteiger partial charge in [-0.3, -0.25) is 10.3 Å². The zero-order valence-electron chi connectivity index (χ0n) is 8.33. The molecule has 1 N–H and O–H groups in total. The van der Waals surface area contributed by atoms with Gasteiger partial charge in [0.15, 0.2) is 0 Å². The van der Waals surface area contributed by atoms with Crippen LogP contribution in [0, 0.1) is 6.92 Å². The normalized spacial score (nSPS) is 14.0. The van der Waals surface area contributed by atoms with E-state index in [9.17, 15) is 0 Å². The molecule has 1 aromatic rings. The topological polar surface area (TPSA) is 30.5 Å². The lowest BCUT2D eigenvalue weighted by Gasteiger charge is -2.19. The number of hydrogen-bond acceptors (Lipinski definition) is 3. The fraction of sp³-hybridized carbons (Fsp3) is 0.273. The van der Waals surface area contributed by atoms with Crippen molar-refractivity contribution in [2.45, 2.75) is 6.92 Å². The van der Waals surface area contributed by atoms with Crippen LogP contribution in [0.3, 0.4) is 0 Å². The quantitative estimate of drug-likeness (QED) is 0.724. The van der Waals surface area contributed by atoms with Gasteiger partial charge in [-0.25, -0.2) is 0 Å².